The van der Waals surface area contributed by atoms with E-state index in [9.17, 15) is 9.18 Å². The standard InChI is InChI=1S/C15H17FN2OS/c1-9-12-7-10(16)4-5-13(12)20-14(9)15(19)18-8-11-3-2-6-17-11/h4-5,7,11,17H,2-3,6,8H2,1H3,(H,18,19). The SMILES string of the molecule is Cc1c(C(=O)NCC2CCCN2)sc2ccc(F)cc12. The van der Waals surface area contributed by atoms with E-state index in [1.54, 1.807) is 6.07 Å². The van der Waals surface area contributed by atoms with Crippen LogP contribution in [0.25, 0.3) is 10.1 Å². The summed E-state index contributed by atoms with van der Waals surface area (Å²) >= 11 is 1.42. The third-order valence-electron chi connectivity index (χ3n) is 3.78. The summed E-state index contributed by atoms with van der Waals surface area (Å²) in [5.74, 6) is -0.321. The second-order valence-corrected chi connectivity index (χ2v) is 6.25. The molecular formula is C15H17FN2OS. The van der Waals surface area contributed by atoms with Crippen LogP contribution in [0.1, 0.15) is 28.1 Å². The second kappa shape index (κ2) is 5.50. The van der Waals surface area contributed by atoms with Crippen LogP contribution in [0.3, 0.4) is 0 Å². The lowest BCUT2D eigenvalue weighted by molar-refractivity contribution is 0.0954. The number of benzene rings is 1. The van der Waals surface area contributed by atoms with Gasteiger partial charge in [0.1, 0.15) is 5.82 Å². The zero-order valence-electron chi connectivity index (χ0n) is 11.3. The van der Waals surface area contributed by atoms with Crippen LogP contribution < -0.4 is 10.6 Å². The molecule has 106 valence electrons. The molecular weight excluding hydrogens is 275 g/mol. The third-order valence-corrected chi connectivity index (χ3v) is 5.05. The lowest BCUT2D eigenvalue weighted by atomic mass is 10.1. The number of halogens is 1. The molecule has 0 saturated carbocycles. The molecule has 3 rings (SSSR count). The first-order valence-corrected chi connectivity index (χ1v) is 7.67. The molecule has 1 fully saturated rings. The van der Waals surface area contributed by atoms with Gasteiger partial charge in [-0.2, -0.15) is 0 Å². The molecule has 1 aromatic carbocycles. The molecule has 0 bridgehead atoms. The Morgan fingerprint density at radius 2 is 2.40 bits per heavy atom. The minimum Gasteiger partial charge on any atom is -0.350 e. The number of thiophene rings is 1. The summed E-state index contributed by atoms with van der Waals surface area (Å²) in [6.45, 7) is 3.56. The Morgan fingerprint density at radius 3 is 3.15 bits per heavy atom. The van der Waals surface area contributed by atoms with E-state index in [2.05, 4.69) is 10.6 Å². The molecule has 1 atom stereocenters. The first-order chi connectivity index (χ1) is 9.65. The maximum Gasteiger partial charge on any atom is 0.261 e. The molecule has 1 unspecified atom stereocenters. The van der Waals surface area contributed by atoms with Crippen molar-refractivity contribution in [3.63, 3.8) is 0 Å². The lowest BCUT2D eigenvalue weighted by Gasteiger charge is -2.11. The number of hydrogen-bond donors (Lipinski definition) is 2. The summed E-state index contributed by atoms with van der Waals surface area (Å²) in [5.41, 5.74) is 0.862. The summed E-state index contributed by atoms with van der Waals surface area (Å²) in [4.78, 5) is 12.9. The zero-order valence-corrected chi connectivity index (χ0v) is 12.1. The number of carbonyl (C=O) groups excluding carboxylic acids is 1. The van der Waals surface area contributed by atoms with E-state index in [0.717, 1.165) is 28.6 Å². The molecule has 1 saturated heterocycles. The van der Waals surface area contributed by atoms with E-state index >= 15 is 0 Å². The highest BCUT2D eigenvalue weighted by Crippen LogP contribution is 2.31. The van der Waals surface area contributed by atoms with Crippen LogP contribution in [-0.2, 0) is 0 Å². The van der Waals surface area contributed by atoms with Crippen LogP contribution in [0, 0.1) is 12.7 Å². The van der Waals surface area contributed by atoms with E-state index in [4.69, 9.17) is 0 Å². The van der Waals surface area contributed by atoms with Gasteiger partial charge in [-0.3, -0.25) is 4.79 Å². The highest BCUT2D eigenvalue weighted by Gasteiger charge is 2.18. The van der Waals surface area contributed by atoms with Gasteiger partial charge in [-0.05, 0) is 55.5 Å². The number of aryl methyl sites for hydroxylation is 1. The van der Waals surface area contributed by atoms with Crippen molar-refractivity contribution in [1.82, 2.24) is 10.6 Å². The molecule has 2 N–H and O–H groups in total. The van der Waals surface area contributed by atoms with E-state index in [1.807, 2.05) is 6.92 Å². The molecule has 0 spiro atoms. The van der Waals surface area contributed by atoms with Crippen molar-refractivity contribution in [1.29, 1.82) is 0 Å². The summed E-state index contributed by atoms with van der Waals surface area (Å²) in [7, 11) is 0. The Hall–Kier alpha value is -1.46. The Labute approximate surface area is 121 Å². The van der Waals surface area contributed by atoms with Crippen molar-refractivity contribution in [3.05, 3.63) is 34.5 Å². The van der Waals surface area contributed by atoms with Gasteiger partial charge in [0, 0.05) is 17.3 Å². The van der Waals surface area contributed by atoms with Gasteiger partial charge in [0.25, 0.3) is 5.91 Å². The van der Waals surface area contributed by atoms with Crippen LogP contribution in [0.5, 0.6) is 0 Å². The summed E-state index contributed by atoms with van der Waals surface area (Å²) in [5, 5.41) is 7.16. The topological polar surface area (TPSA) is 41.1 Å². The van der Waals surface area contributed by atoms with Crippen LogP contribution in [0.4, 0.5) is 4.39 Å². The average molecular weight is 292 g/mol. The second-order valence-electron chi connectivity index (χ2n) is 5.20. The molecule has 0 aliphatic carbocycles. The molecule has 5 heteroatoms. The number of hydrogen-bond acceptors (Lipinski definition) is 3. The van der Waals surface area contributed by atoms with Gasteiger partial charge in [0.2, 0.25) is 0 Å². The molecule has 2 aromatic rings. The van der Waals surface area contributed by atoms with Gasteiger partial charge >= 0.3 is 0 Å². The maximum absolute atomic E-state index is 13.3. The number of rotatable bonds is 3. The number of nitrogens with one attached hydrogen (secondary N) is 2. The predicted molar refractivity (Wildman–Crippen MR) is 79.9 cm³/mol. The smallest absolute Gasteiger partial charge is 0.261 e. The summed E-state index contributed by atoms with van der Waals surface area (Å²) in [6.07, 6.45) is 2.28. The zero-order chi connectivity index (χ0) is 14.1. The average Bonchev–Trinajstić information content (AvgIpc) is 3.05. The summed E-state index contributed by atoms with van der Waals surface area (Å²) in [6, 6.07) is 5.04. The summed E-state index contributed by atoms with van der Waals surface area (Å²) < 4.78 is 14.2. The van der Waals surface area contributed by atoms with Gasteiger partial charge in [-0.1, -0.05) is 0 Å². The minimum absolute atomic E-state index is 0.0576. The maximum atomic E-state index is 13.3. The molecule has 1 amide bonds. The molecule has 2 heterocycles. The normalized spacial score (nSPS) is 18.6. The predicted octanol–water partition coefficient (Wildman–Crippen LogP) is 2.83. The Morgan fingerprint density at radius 1 is 1.55 bits per heavy atom. The monoisotopic (exact) mass is 292 g/mol. The van der Waals surface area contributed by atoms with Gasteiger partial charge < -0.3 is 10.6 Å². The van der Waals surface area contributed by atoms with Crippen molar-refractivity contribution >= 4 is 27.3 Å². The first kappa shape index (κ1) is 13.5. The van der Waals surface area contributed by atoms with Crippen molar-refractivity contribution in [3.8, 4) is 0 Å². The quantitative estimate of drug-likeness (QED) is 0.913. The Balaban J connectivity index is 1.78. The van der Waals surface area contributed by atoms with Crippen LogP contribution in [0.15, 0.2) is 18.2 Å². The van der Waals surface area contributed by atoms with E-state index < -0.39 is 0 Å². The fourth-order valence-electron chi connectivity index (χ4n) is 2.64. The van der Waals surface area contributed by atoms with Crippen molar-refractivity contribution in [2.24, 2.45) is 0 Å². The van der Waals surface area contributed by atoms with Crippen molar-refractivity contribution < 1.29 is 9.18 Å². The van der Waals surface area contributed by atoms with Crippen LogP contribution in [-0.4, -0.2) is 25.0 Å². The molecule has 1 aromatic heterocycles. The van der Waals surface area contributed by atoms with Gasteiger partial charge in [-0.15, -0.1) is 11.3 Å². The van der Waals surface area contributed by atoms with E-state index in [1.165, 1.54) is 29.9 Å². The van der Waals surface area contributed by atoms with Gasteiger partial charge in [0.15, 0.2) is 0 Å². The number of fused-ring (bicyclic) bond motifs is 1. The molecule has 20 heavy (non-hydrogen) atoms. The van der Waals surface area contributed by atoms with Crippen molar-refractivity contribution in [2.75, 3.05) is 13.1 Å². The van der Waals surface area contributed by atoms with Gasteiger partial charge in [0.05, 0.1) is 4.88 Å². The van der Waals surface area contributed by atoms with Gasteiger partial charge in [-0.25, -0.2) is 4.39 Å². The lowest BCUT2D eigenvalue weighted by Crippen LogP contribution is -2.37. The molecule has 1 aliphatic rings. The van der Waals surface area contributed by atoms with E-state index in [-0.39, 0.29) is 11.7 Å². The molecule has 3 nitrogen and oxygen atoms in total. The van der Waals surface area contributed by atoms with Crippen molar-refractivity contribution in [2.45, 2.75) is 25.8 Å². The van der Waals surface area contributed by atoms with Crippen LogP contribution >= 0.6 is 11.3 Å². The molecule has 1 aliphatic heterocycles. The Kier molecular flexibility index (Phi) is 3.72. The first-order valence-electron chi connectivity index (χ1n) is 6.85. The highest BCUT2D eigenvalue weighted by atomic mass is 32.1. The minimum atomic E-state index is -0.263. The number of amides is 1. The Bertz CT molecular complexity index is 647. The largest absolute Gasteiger partial charge is 0.350 e. The molecule has 0 radical (unpaired) electrons. The number of carbonyl (C=O) groups is 1. The van der Waals surface area contributed by atoms with E-state index in [0.29, 0.717) is 17.5 Å². The fraction of sp³-hybridized carbons (Fsp3) is 0.400. The van der Waals surface area contributed by atoms with Crippen LogP contribution in [0.2, 0.25) is 0 Å². The highest BCUT2D eigenvalue weighted by molar-refractivity contribution is 7.21. The fourth-order valence-corrected chi connectivity index (χ4v) is 3.74. The third kappa shape index (κ3) is 2.55.